The zero-order valence-corrected chi connectivity index (χ0v) is 14.0. The maximum Gasteiger partial charge on any atom is 0.328 e. The number of esters is 1. The summed E-state index contributed by atoms with van der Waals surface area (Å²) in [6.45, 7) is 1.95. The fourth-order valence-corrected chi connectivity index (χ4v) is 3.07. The molecule has 1 heterocycles. The predicted molar refractivity (Wildman–Crippen MR) is 92.3 cm³/mol. The van der Waals surface area contributed by atoms with Crippen molar-refractivity contribution in [3.8, 4) is 10.4 Å². The van der Waals surface area contributed by atoms with Crippen molar-refractivity contribution in [2.75, 3.05) is 12.8 Å². The lowest BCUT2D eigenvalue weighted by Gasteiger charge is -2.17. The van der Waals surface area contributed by atoms with Gasteiger partial charge in [0.15, 0.2) is 0 Å². The van der Waals surface area contributed by atoms with Gasteiger partial charge in [-0.2, -0.15) is 0 Å². The van der Waals surface area contributed by atoms with E-state index in [0.717, 1.165) is 16.9 Å². The van der Waals surface area contributed by atoms with Gasteiger partial charge in [-0.25, -0.2) is 4.79 Å². The van der Waals surface area contributed by atoms with E-state index in [1.807, 2.05) is 24.4 Å². The molecule has 0 aliphatic rings. The van der Waals surface area contributed by atoms with Gasteiger partial charge in [0.25, 0.3) is 5.91 Å². The summed E-state index contributed by atoms with van der Waals surface area (Å²) in [5.74, 6) is -0.745. The largest absolute Gasteiger partial charge is 0.467 e. The number of amides is 1. The number of hydrogen-bond acceptors (Lipinski definition) is 5. The van der Waals surface area contributed by atoms with Crippen LogP contribution in [0.3, 0.4) is 0 Å². The van der Waals surface area contributed by atoms with Crippen molar-refractivity contribution in [2.24, 2.45) is 0 Å². The zero-order valence-electron chi connectivity index (χ0n) is 13.2. The van der Waals surface area contributed by atoms with Gasteiger partial charge in [-0.3, -0.25) is 4.79 Å². The van der Waals surface area contributed by atoms with E-state index in [2.05, 4.69) is 5.32 Å². The number of carbonyl (C=O) groups is 2. The summed E-state index contributed by atoms with van der Waals surface area (Å²) in [5.41, 5.74) is 7.69. The SMILES string of the molecule is CCC[C@H](NC(=O)c1ccc(N)cc1-c1cccs1)C(=O)OC. The topological polar surface area (TPSA) is 81.4 Å². The van der Waals surface area contributed by atoms with Crippen molar-refractivity contribution in [1.82, 2.24) is 5.32 Å². The molecule has 1 amide bonds. The number of hydrogen-bond donors (Lipinski definition) is 2. The Morgan fingerprint density at radius 3 is 2.74 bits per heavy atom. The minimum absolute atomic E-state index is 0.308. The average molecular weight is 332 g/mol. The lowest BCUT2D eigenvalue weighted by atomic mass is 10.0. The zero-order chi connectivity index (χ0) is 16.8. The monoisotopic (exact) mass is 332 g/mol. The number of methoxy groups -OCH3 is 1. The Hall–Kier alpha value is -2.34. The molecule has 1 aromatic carbocycles. The van der Waals surface area contributed by atoms with E-state index in [0.29, 0.717) is 17.7 Å². The number of nitrogens with two attached hydrogens (primary N) is 1. The number of benzene rings is 1. The Labute approximate surface area is 139 Å². The summed E-state index contributed by atoms with van der Waals surface area (Å²) < 4.78 is 4.75. The Morgan fingerprint density at radius 1 is 1.35 bits per heavy atom. The fraction of sp³-hybridized carbons (Fsp3) is 0.294. The highest BCUT2D eigenvalue weighted by Gasteiger charge is 2.23. The molecular weight excluding hydrogens is 312 g/mol. The molecule has 2 rings (SSSR count). The standard InChI is InChI=1S/C17H20N2O3S/c1-3-5-14(17(21)22-2)19-16(20)12-8-7-11(18)10-13(12)15-6-4-9-23-15/h4,6-10,14H,3,5,18H2,1-2H3,(H,19,20)/t14-/m0/s1. The minimum Gasteiger partial charge on any atom is -0.467 e. The molecule has 0 aliphatic carbocycles. The molecule has 122 valence electrons. The molecule has 23 heavy (non-hydrogen) atoms. The number of nitrogen functional groups attached to an aromatic ring is 1. The van der Waals surface area contributed by atoms with Crippen LogP contribution in [0.25, 0.3) is 10.4 Å². The molecule has 0 spiro atoms. The van der Waals surface area contributed by atoms with Crippen molar-refractivity contribution in [3.63, 3.8) is 0 Å². The van der Waals surface area contributed by atoms with Crippen molar-refractivity contribution >= 4 is 28.9 Å². The van der Waals surface area contributed by atoms with E-state index in [1.54, 1.807) is 18.2 Å². The molecule has 0 aliphatic heterocycles. The maximum absolute atomic E-state index is 12.6. The van der Waals surface area contributed by atoms with Crippen molar-refractivity contribution in [3.05, 3.63) is 41.3 Å². The molecule has 0 saturated carbocycles. The van der Waals surface area contributed by atoms with E-state index >= 15 is 0 Å². The van der Waals surface area contributed by atoms with Crippen LogP contribution in [0.15, 0.2) is 35.7 Å². The molecular formula is C17H20N2O3S. The fourth-order valence-electron chi connectivity index (χ4n) is 2.31. The number of carbonyl (C=O) groups excluding carboxylic acids is 2. The molecule has 2 aromatic rings. The smallest absolute Gasteiger partial charge is 0.328 e. The van der Waals surface area contributed by atoms with E-state index in [4.69, 9.17) is 10.5 Å². The first-order chi connectivity index (χ1) is 11.1. The summed E-state index contributed by atoms with van der Waals surface area (Å²) >= 11 is 1.53. The summed E-state index contributed by atoms with van der Waals surface area (Å²) in [6.07, 6.45) is 1.29. The van der Waals surface area contributed by atoms with Crippen molar-refractivity contribution in [1.29, 1.82) is 0 Å². The first-order valence-electron chi connectivity index (χ1n) is 7.39. The van der Waals surface area contributed by atoms with Crippen LogP contribution in [0.5, 0.6) is 0 Å². The first-order valence-corrected chi connectivity index (χ1v) is 8.26. The number of anilines is 1. The lowest BCUT2D eigenvalue weighted by Crippen LogP contribution is -2.41. The Kier molecular flexibility index (Phi) is 5.76. The second kappa shape index (κ2) is 7.78. The molecule has 1 atom stereocenters. The third-order valence-corrected chi connectivity index (χ3v) is 4.35. The molecule has 0 radical (unpaired) electrons. The third-order valence-electron chi connectivity index (χ3n) is 3.44. The van der Waals surface area contributed by atoms with Crippen LogP contribution in [0.2, 0.25) is 0 Å². The van der Waals surface area contributed by atoms with Gasteiger partial charge in [-0.1, -0.05) is 19.4 Å². The van der Waals surface area contributed by atoms with Crippen LogP contribution in [0.4, 0.5) is 5.69 Å². The highest BCUT2D eigenvalue weighted by atomic mass is 32.1. The molecule has 6 heteroatoms. The quantitative estimate of drug-likeness (QED) is 0.629. The van der Waals surface area contributed by atoms with E-state index in [-0.39, 0.29) is 5.91 Å². The summed E-state index contributed by atoms with van der Waals surface area (Å²) in [6, 6.07) is 8.33. The normalized spacial score (nSPS) is 11.7. The molecule has 3 N–H and O–H groups in total. The van der Waals surface area contributed by atoms with Crippen LogP contribution < -0.4 is 11.1 Å². The highest BCUT2D eigenvalue weighted by Crippen LogP contribution is 2.30. The Balaban J connectivity index is 2.30. The van der Waals surface area contributed by atoms with Crippen LogP contribution >= 0.6 is 11.3 Å². The summed E-state index contributed by atoms with van der Waals surface area (Å²) in [5, 5.41) is 4.70. The highest BCUT2D eigenvalue weighted by molar-refractivity contribution is 7.13. The second-order valence-corrected chi connectivity index (χ2v) is 6.07. The van der Waals surface area contributed by atoms with Crippen molar-refractivity contribution in [2.45, 2.75) is 25.8 Å². The van der Waals surface area contributed by atoms with Gasteiger partial charge in [-0.15, -0.1) is 11.3 Å². The van der Waals surface area contributed by atoms with Crippen LogP contribution in [-0.2, 0) is 9.53 Å². The number of thiophene rings is 1. The molecule has 1 aromatic heterocycles. The average Bonchev–Trinajstić information content (AvgIpc) is 3.07. The van der Waals surface area contributed by atoms with Gasteiger partial charge in [0, 0.05) is 21.7 Å². The van der Waals surface area contributed by atoms with Crippen molar-refractivity contribution < 1.29 is 14.3 Å². The van der Waals surface area contributed by atoms with Gasteiger partial charge in [-0.05, 0) is 36.1 Å². The molecule has 0 fully saturated rings. The molecule has 5 nitrogen and oxygen atoms in total. The van der Waals surface area contributed by atoms with Gasteiger partial charge in [0.05, 0.1) is 7.11 Å². The van der Waals surface area contributed by atoms with Gasteiger partial charge >= 0.3 is 5.97 Å². The van der Waals surface area contributed by atoms with Gasteiger partial charge < -0.3 is 15.8 Å². The van der Waals surface area contributed by atoms with Gasteiger partial charge in [0.1, 0.15) is 6.04 Å². The van der Waals surface area contributed by atoms with E-state index in [9.17, 15) is 9.59 Å². The second-order valence-electron chi connectivity index (χ2n) is 5.12. The van der Waals surface area contributed by atoms with Crippen LogP contribution in [-0.4, -0.2) is 25.0 Å². The molecule has 0 bridgehead atoms. The summed E-state index contributed by atoms with van der Waals surface area (Å²) in [4.78, 5) is 25.4. The number of rotatable bonds is 6. The van der Waals surface area contributed by atoms with Gasteiger partial charge in [0.2, 0.25) is 0 Å². The van der Waals surface area contributed by atoms with Crippen LogP contribution in [0, 0.1) is 0 Å². The van der Waals surface area contributed by atoms with E-state index in [1.165, 1.54) is 18.4 Å². The predicted octanol–water partition coefficient (Wildman–Crippen LogP) is 3.07. The van der Waals surface area contributed by atoms with E-state index < -0.39 is 12.0 Å². The Morgan fingerprint density at radius 2 is 2.13 bits per heavy atom. The van der Waals surface area contributed by atoms with Crippen LogP contribution in [0.1, 0.15) is 30.1 Å². The molecule has 0 unspecified atom stereocenters. The number of nitrogens with one attached hydrogen (secondary N) is 1. The number of ether oxygens (including phenoxy) is 1. The Bertz CT molecular complexity index is 683. The third kappa shape index (κ3) is 4.10. The minimum atomic E-state index is -0.647. The summed E-state index contributed by atoms with van der Waals surface area (Å²) in [7, 11) is 1.32. The molecule has 0 saturated heterocycles. The maximum atomic E-state index is 12.6. The lowest BCUT2D eigenvalue weighted by molar-refractivity contribution is -0.143. The first kappa shape index (κ1) is 17.0.